The Labute approximate surface area is 109 Å². The summed E-state index contributed by atoms with van der Waals surface area (Å²) in [6.45, 7) is 0. The molecule has 0 radical (unpaired) electrons. The SMILES string of the molecule is O=C(O)C[C@H](c1ccc([N+](=O)[O-])cc1)n1cccc1. The van der Waals surface area contributed by atoms with E-state index in [9.17, 15) is 14.9 Å². The first-order chi connectivity index (χ1) is 9.08. The van der Waals surface area contributed by atoms with Gasteiger partial charge in [-0.3, -0.25) is 14.9 Å². The molecule has 6 heteroatoms. The first kappa shape index (κ1) is 12.8. The van der Waals surface area contributed by atoms with Crippen LogP contribution in [0.5, 0.6) is 0 Å². The van der Waals surface area contributed by atoms with E-state index >= 15 is 0 Å². The van der Waals surface area contributed by atoms with Gasteiger partial charge >= 0.3 is 5.97 Å². The summed E-state index contributed by atoms with van der Waals surface area (Å²) in [7, 11) is 0. The molecule has 2 rings (SSSR count). The van der Waals surface area contributed by atoms with Crippen LogP contribution >= 0.6 is 0 Å². The van der Waals surface area contributed by atoms with Crippen LogP contribution in [0.25, 0.3) is 0 Å². The van der Waals surface area contributed by atoms with Crippen molar-refractivity contribution in [1.82, 2.24) is 4.57 Å². The minimum atomic E-state index is -0.919. The van der Waals surface area contributed by atoms with E-state index in [-0.39, 0.29) is 18.2 Å². The van der Waals surface area contributed by atoms with Gasteiger partial charge < -0.3 is 9.67 Å². The van der Waals surface area contributed by atoms with Crippen LogP contribution < -0.4 is 0 Å². The number of nitrogens with zero attached hydrogens (tertiary/aromatic N) is 2. The van der Waals surface area contributed by atoms with E-state index in [0.717, 1.165) is 5.56 Å². The molecule has 0 fully saturated rings. The molecule has 0 saturated carbocycles. The van der Waals surface area contributed by atoms with Crippen molar-refractivity contribution in [2.24, 2.45) is 0 Å². The van der Waals surface area contributed by atoms with E-state index in [1.165, 1.54) is 12.1 Å². The molecule has 19 heavy (non-hydrogen) atoms. The number of nitro groups is 1. The highest BCUT2D eigenvalue weighted by Crippen LogP contribution is 2.24. The van der Waals surface area contributed by atoms with Gasteiger partial charge in [0.1, 0.15) is 0 Å². The molecule has 0 aliphatic carbocycles. The second-order valence-corrected chi connectivity index (χ2v) is 4.09. The Balaban J connectivity index is 2.33. The number of carbonyl (C=O) groups is 1. The van der Waals surface area contributed by atoms with E-state index < -0.39 is 10.9 Å². The maximum absolute atomic E-state index is 10.9. The molecule has 0 aliphatic heterocycles. The van der Waals surface area contributed by atoms with Gasteiger partial charge in [0.05, 0.1) is 17.4 Å². The van der Waals surface area contributed by atoms with E-state index in [0.29, 0.717) is 0 Å². The number of non-ortho nitro benzene ring substituents is 1. The third-order valence-corrected chi connectivity index (χ3v) is 2.84. The standard InChI is InChI=1S/C13H12N2O4/c16-13(17)9-12(14-7-1-2-8-14)10-3-5-11(6-4-10)15(18)19/h1-8,12H,9H2,(H,16,17)/t12-/m1/s1. The fourth-order valence-corrected chi connectivity index (χ4v) is 1.93. The highest BCUT2D eigenvalue weighted by Gasteiger charge is 2.17. The van der Waals surface area contributed by atoms with E-state index in [1.54, 1.807) is 41.2 Å². The number of aromatic nitrogens is 1. The van der Waals surface area contributed by atoms with Crippen molar-refractivity contribution in [3.63, 3.8) is 0 Å². The van der Waals surface area contributed by atoms with Gasteiger partial charge in [-0.25, -0.2) is 0 Å². The Kier molecular flexibility index (Phi) is 3.61. The van der Waals surface area contributed by atoms with Crippen molar-refractivity contribution in [1.29, 1.82) is 0 Å². The molecule has 1 aromatic carbocycles. The third-order valence-electron chi connectivity index (χ3n) is 2.84. The molecule has 0 aliphatic rings. The number of nitro benzene ring substituents is 1. The number of rotatable bonds is 5. The minimum absolute atomic E-state index is 0.00895. The Morgan fingerprint density at radius 2 is 1.84 bits per heavy atom. The molecular formula is C13H12N2O4. The fraction of sp³-hybridized carbons (Fsp3) is 0.154. The van der Waals surface area contributed by atoms with Crippen LogP contribution in [0.4, 0.5) is 5.69 Å². The zero-order chi connectivity index (χ0) is 13.8. The first-order valence-electron chi connectivity index (χ1n) is 5.66. The van der Waals surface area contributed by atoms with E-state index in [4.69, 9.17) is 5.11 Å². The van der Waals surface area contributed by atoms with Gasteiger partial charge in [-0.2, -0.15) is 0 Å². The van der Waals surface area contributed by atoms with Crippen LogP contribution in [0.15, 0.2) is 48.8 Å². The molecule has 1 aromatic heterocycles. The van der Waals surface area contributed by atoms with Crippen LogP contribution in [0, 0.1) is 10.1 Å². The summed E-state index contributed by atoms with van der Waals surface area (Å²) >= 11 is 0. The lowest BCUT2D eigenvalue weighted by Gasteiger charge is -2.17. The quantitative estimate of drug-likeness (QED) is 0.661. The molecule has 0 bridgehead atoms. The molecule has 0 saturated heterocycles. The molecule has 0 spiro atoms. The number of hydrogen-bond donors (Lipinski definition) is 1. The van der Waals surface area contributed by atoms with Gasteiger partial charge in [0.2, 0.25) is 0 Å². The second kappa shape index (κ2) is 5.34. The lowest BCUT2D eigenvalue weighted by atomic mass is 10.0. The van der Waals surface area contributed by atoms with Crippen LogP contribution in [0.3, 0.4) is 0 Å². The highest BCUT2D eigenvalue weighted by atomic mass is 16.6. The summed E-state index contributed by atoms with van der Waals surface area (Å²) < 4.78 is 1.77. The molecule has 1 heterocycles. The van der Waals surface area contributed by atoms with Crippen molar-refractivity contribution >= 4 is 11.7 Å². The van der Waals surface area contributed by atoms with Gasteiger partial charge in [0, 0.05) is 24.5 Å². The molecule has 6 nitrogen and oxygen atoms in total. The number of aliphatic carboxylic acids is 1. The molecule has 1 atom stereocenters. The highest BCUT2D eigenvalue weighted by molar-refractivity contribution is 5.68. The fourth-order valence-electron chi connectivity index (χ4n) is 1.93. The van der Waals surface area contributed by atoms with Crippen molar-refractivity contribution < 1.29 is 14.8 Å². The average molecular weight is 260 g/mol. The maximum Gasteiger partial charge on any atom is 0.305 e. The van der Waals surface area contributed by atoms with Crippen LogP contribution in [0.1, 0.15) is 18.0 Å². The Morgan fingerprint density at radius 1 is 1.26 bits per heavy atom. The Morgan fingerprint density at radius 3 is 2.32 bits per heavy atom. The summed E-state index contributed by atoms with van der Waals surface area (Å²) in [5, 5.41) is 19.6. The topological polar surface area (TPSA) is 85.4 Å². The lowest BCUT2D eigenvalue weighted by molar-refractivity contribution is -0.384. The predicted molar refractivity (Wildman–Crippen MR) is 67.9 cm³/mol. The van der Waals surface area contributed by atoms with Crippen molar-refractivity contribution in [3.05, 3.63) is 64.5 Å². The third kappa shape index (κ3) is 2.98. The van der Waals surface area contributed by atoms with Crippen LogP contribution in [-0.4, -0.2) is 20.6 Å². The van der Waals surface area contributed by atoms with Crippen LogP contribution in [-0.2, 0) is 4.79 Å². The normalized spacial score (nSPS) is 12.0. The number of carboxylic acid groups (broad SMARTS) is 1. The second-order valence-electron chi connectivity index (χ2n) is 4.09. The van der Waals surface area contributed by atoms with Gasteiger partial charge in [-0.1, -0.05) is 12.1 Å². The van der Waals surface area contributed by atoms with Gasteiger partial charge in [-0.05, 0) is 17.7 Å². The number of carboxylic acids is 1. The molecule has 1 N–H and O–H groups in total. The summed E-state index contributed by atoms with van der Waals surface area (Å²) in [4.78, 5) is 21.0. The zero-order valence-electron chi connectivity index (χ0n) is 9.97. The Bertz CT molecular complexity index is 575. The van der Waals surface area contributed by atoms with Crippen molar-refractivity contribution in [3.8, 4) is 0 Å². The van der Waals surface area contributed by atoms with E-state index in [1.807, 2.05) is 0 Å². The molecule has 2 aromatic rings. The molecule has 98 valence electrons. The molecule has 0 amide bonds. The summed E-state index contributed by atoms with van der Waals surface area (Å²) in [5.41, 5.74) is 0.717. The van der Waals surface area contributed by atoms with Gasteiger partial charge in [0.15, 0.2) is 0 Å². The van der Waals surface area contributed by atoms with Crippen LogP contribution in [0.2, 0.25) is 0 Å². The van der Waals surface area contributed by atoms with Crippen molar-refractivity contribution in [2.75, 3.05) is 0 Å². The zero-order valence-corrected chi connectivity index (χ0v) is 9.97. The van der Waals surface area contributed by atoms with Crippen molar-refractivity contribution in [2.45, 2.75) is 12.5 Å². The molecular weight excluding hydrogens is 248 g/mol. The maximum atomic E-state index is 10.9. The van der Waals surface area contributed by atoms with Gasteiger partial charge in [-0.15, -0.1) is 0 Å². The summed E-state index contributed by atoms with van der Waals surface area (Å²) in [6, 6.07) is 9.19. The summed E-state index contributed by atoms with van der Waals surface area (Å²) in [6.07, 6.45) is 3.47. The van der Waals surface area contributed by atoms with E-state index in [2.05, 4.69) is 0 Å². The minimum Gasteiger partial charge on any atom is -0.481 e. The Hall–Kier alpha value is -2.63. The summed E-state index contributed by atoms with van der Waals surface area (Å²) in [5.74, 6) is -0.919. The number of hydrogen-bond acceptors (Lipinski definition) is 3. The predicted octanol–water partition coefficient (Wildman–Crippen LogP) is 2.46. The monoisotopic (exact) mass is 260 g/mol. The lowest BCUT2D eigenvalue weighted by Crippen LogP contribution is -2.13. The smallest absolute Gasteiger partial charge is 0.305 e. The first-order valence-corrected chi connectivity index (χ1v) is 5.66. The van der Waals surface area contributed by atoms with Gasteiger partial charge in [0.25, 0.3) is 5.69 Å². The average Bonchev–Trinajstić information content (AvgIpc) is 2.89. The molecule has 0 unspecified atom stereocenters. The number of benzene rings is 1. The largest absolute Gasteiger partial charge is 0.481 e.